The number of carboxylic acid groups (broad SMARTS) is 1. The number of rotatable bonds is 4. The zero-order valence-electron chi connectivity index (χ0n) is 12.2. The van der Waals surface area contributed by atoms with Gasteiger partial charge in [0.25, 0.3) is 0 Å². The summed E-state index contributed by atoms with van der Waals surface area (Å²) in [5.41, 5.74) is 0.0924. The fourth-order valence-corrected chi connectivity index (χ4v) is 3.92. The molecule has 1 heterocycles. The van der Waals surface area contributed by atoms with Gasteiger partial charge >= 0.3 is 5.97 Å². The van der Waals surface area contributed by atoms with E-state index >= 15 is 0 Å². The number of halogens is 3. The number of nitrogens with zero attached hydrogens (tertiary/aromatic N) is 2. The number of benzene rings is 1. The van der Waals surface area contributed by atoms with E-state index in [1.807, 2.05) is 0 Å². The Labute approximate surface area is 146 Å². The van der Waals surface area contributed by atoms with Crippen LogP contribution in [0.4, 0.5) is 4.39 Å². The maximum absolute atomic E-state index is 14.4. The van der Waals surface area contributed by atoms with Gasteiger partial charge in [0.2, 0.25) is 0 Å². The van der Waals surface area contributed by atoms with E-state index in [1.54, 1.807) is 12.1 Å². The highest BCUT2D eigenvalue weighted by molar-refractivity contribution is 9.10. The second kappa shape index (κ2) is 6.61. The SMILES string of the molecule is O=C(O)c1nc(CC2CCCC2)n(-c2cccc(Cl)c2F)c1Br. The number of imidazole rings is 1. The van der Waals surface area contributed by atoms with Crippen LogP contribution in [0.2, 0.25) is 5.02 Å². The van der Waals surface area contributed by atoms with Crippen molar-refractivity contribution in [1.29, 1.82) is 0 Å². The van der Waals surface area contributed by atoms with Crippen molar-refractivity contribution in [2.24, 2.45) is 5.92 Å². The van der Waals surface area contributed by atoms with Crippen molar-refractivity contribution in [3.63, 3.8) is 0 Å². The molecule has 23 heavy (non-hydrogen) atoms. The highest BCUT2D eigenvalue weighted by atomic mass is 79.9. The van der Waals surface area contributed by atoms with Crippen molar-refractivity contribution in [3.05, 3.63) is 45.2 Å². The lowest BCUT2D eigenvalue weighted by Gasteiger charge is -2.13. The number of aromatic nitrogens is 2. The van der Waals surface area contributed by atoms with Gasteiger partial charge < -0.3 is 5.11 Å². The second-order valence-electron chi connectivity index (χ2n) is 5.74. The minimum absolute atomic E-state index is 0.00760. The Morgan fingerprint density at radius 3 is 2.78 bits per heavy atom. The Hall–Kier alpha value is -1.40. The van der Waals surface area contributed by atoms with E-state index in [2.05, 4.69) is 20.9 Å². The van der Waals surface area contributed by atoms with E-state index < -0.39 is 11.8 Å². The first-order chi connectivity index (χ1) is 11.0. The van der Waals surface area contributed by atoms with E-state index in [4.69, 9.17) is 11.6 Å². The molecule has 1 aromatic heterocycles. The Morgan fingerprint density at radius 2 is 2.13 bits per heavy atom. The fraction of sp³-hybridized carbons (Fsp3) is 0.375. The molecule has 1 fully saturated rings. The van der Waals surface area contributed by atoms with Gasteiger partial charge in [-0.1, -0.05) is 43.4 Å². The molecule has 1 aromatic carbocycles. The van der Waals surface area contributed by atoms with Crippen LogP contribution in [-0.4, -0.2) is 20.6 Å². The summed E-state index contributed by atoms with van der Waals surface area (Å²) >= 11 is 9.13. The molecule has 0 radical (unpaired) electrons. The summed E-state index contributed by atoms with van der Waals surface area (Å²) in [6.07, 6.45) is 5.14. The zero-order chi connectivity index (χ0) is 16.6. The van der Waals surface area contributed by atoms with Crippen LogP contribution in [0.25, 0.3) is 5.69 Å². The van der Waals surface area contributed by atoms with Crippen molar-refractivity contribution < 1.29 is 14.3 Å². The van der Waals surface area contributed by atoms with E-state index in [9.17, 15) is 14.3 Å². The van der Waals surface area contributed by atoms with Gasteiger partial charge in [-0.2, -0.15) is 0 Å². The van der Waals surface area contributed by atoms with E-state index in [-0.39, 0.29) is 21.0 Å². The van der Waals surface area contributed by atoms with Crippen molar-refractivity contribution in [1.82, 2.24) is 9.55 Å². The third-order valence-corrected chi connectivity index (χ3v) is 5.23. The molecule has 0 spiro atoms. The molecular formula is C16H15BrClFN2O2. The molecule has 1 N–H and O–H groups in total. The van der Waals surface area contributed by atoms with Gasteiger partial charge in [0.1, 0.15) is 10.4 Å². The third-order valence-electron chi connectivity index (χ3n) is 4.21. The fourth-order valence-electron chi connectivity index (χ4n) is 3.10. The molecule has 7 heteroatoms. The van der Waals surface area contributed by atoms with E-state index in [0.29, 0.717) is 18.2 Å². The Balaban J connectivity index is 2.12. The van der Waals surface area contributed by atoms with Gasteiger partial charge in [-0.25, -0.2) is 14.2 Å². The summed E-state index contributed by atoms with van der Waals surface area (Å²) in [6, 6.07) is 4.66. The average Bonchev–Trinajstić information content (AvgIpc) is 3.11. The maximum atomic E-state index is 14.4. The van der Waals surface area contributed by atoms with Crippen molar-refractivity contribution >= 4 is 33.5 Å². The predicted octanol–water partition coefficient (Wildman–Crippen LogP) is 4.86. The first-order valence-corrected chi connectivity index (χ1v) is 8.61. The summed E-state index contributed by atoms with van der Waals surface area (Å²) in [4.78, 5) is 15.6. The van der Waals surface area contributed by atoms with Crippen molar-refractivity contribution in [2.45, 2.75) is 32.1 Å². The van der Waals surface area contributed by atoms with Gasteiger partial charge in [-0.15, -0.1) is 0 Å². The number of hydrogen-bond acceptors (Lipinski definition) is 2. The Bertz CT molecular complexity index is 757. The maximum Gasteiger partial charge on any atom is 0.357 e. The van der Waals surface area contributed by atoms with Crippen molar-refractivity contribution in [3.8, 4) is 5.69 Å². The normalized spacial score (nSPS) is 15.3. The van der Waals surface area contributed by atoms with Crippen LogP contribution in [0.1, 0.15) is 42.0 Å². The van der Waals surface area contributed by atoms with E-state index in [1.165, 1.54) is 23.5 Å². The lowest BCUT2D eigenvalue weighted by atomic mass is 10.0. The molecule has 2 aromatic rings. The van der Waals surface area contributed by atoms with Crippen LogP contribution in [0.5, 0.6) is 0 Å². The summed E-state index contributed by atoms with van der Waals surface area (Å²) in [7, 11) is 0. The number of carbonyl (C=O) groups is 1. The predicted molar refractivity (Wildman–Crippen MR) is 88.9 cm³/mol. The van der Waals surface area contributed by atoms with Crippen LogP contribution in [0.15, 0.2) is 22.8 Å². The first kappa shape index (κ1) is 16.5. The number of carboxylic acids is 1. The minimum Gasteiger partial charge on any atom is -0.476 e. The smallest absolute Gasteiger partial charge is 0.357 e. The monoisotopic (exact) mass is 400 g/mol. The van der Waals surface area contributed by atoms with Crippen LogP contribution < -0.4 is 0 Å². The lowest BCUT2D eigenvalue weighted by Crippen LogP contribution is -2.08. The molecule has 0 bridgehead atoms. The topological polar surface area (TPSA) is 55.1 Å². The zero-order valence-corrected chi connectivity index (χ0v) is 14.6. The van der Waals surface area contributed by atoms with Gasteiger partial charge in [0.15, 0.2) is 11.5 Å². The van der Waals surface area contributed by atoms with Crippen LogP contribution >= 0.6 is 27.5 Å². The molecule has 0 unspecified atom stereocenters. The molecule has 1 saturated carbocycles. The quantitative estimate of drug-likeness (QED) is 0.796. The summed E-state index contributed by atoms with van der Waals surface area (Å²) < 4.78 is 16.2. The average molecular weight is 402 g/mol. The summed E-state index contributed by atoms with van der Waals surface area (Å²) in [6.45, 7) is 0. The summed E-state index contributed by atoms with van der Waals surface area (Å²) in [5, 5.41) is 9.30. The Kier molecular flexibility index (Phi) is 4.73. The highest BCUT2D eigenvalue weighted by Crippen LogP contribution is 2.33. The molecule has 0 amide bonds. The van der Waals surface area contributed by atoms with Crippen LogP contribution in [0, 0.1) is 11.7 Å². The van der Waals surface area contributed by atoms with Gasteiger partial charge in [-0.05, 0) is 34.0 Å². The molecule has 0 aliphatic heterocycles. The molecule has 3 rings (SSSR count). The molecule has 0 saturated heterocycles. The minimum atomic E-state index is -1.15. The lowest BCUT2D eigenvalue weighted by molar-refractivity contribution is 0.0689. The van der Waals surface area contributed by atoms with Gasteiger partial charge in [-0.3, -0.25) is 4.57 Å². The van der Waals surface area contributed by atoms with Crippen LogP contribution in [-0.2, 0) is 6.42 Å². The van der Waals surface area contributed by atoms with Crippen molar-refractivity contribution in [2.75, 3.05) is 0 Å². The molecular weight excluding hydrogens is 387 g/mol. The Morgan fingerprint density at radius 1 is 1.43 bits per heavy atom. The molecule has 0 atom stereocenters. The van der Waals surface area contributed by atoms with E-state index in [0.717, 1.165) is 12.8 Å². The first-order valence-electron chi connectivity index (χ1n) is 7.44. The third kappa shape index (κ3) is 3.15. The molecule has 122 valence electrons. The molecule has 4 nitrogen and oxygen atoms in total. The largest absolute Gasteiger partial charge is 0.476 e. The van der Waals surface area contributed by atoms with Gasteiger partial charge in [0, 0.05) is 6.42 Å². The second-order valence-corrected chi connectivity index (χ2v) is 6.89. The van der Waals surface area contributed by atoms with Crippen LogP contribution in [0.3, 0.4) is 0 Å². The summed E-state index contributed by atoms with van der Waals surface area (Å²) in [5.74, 6) is -0.739. The number of aromatic carboxylic acids is 1. The highest BCUT2D eigenvalue weighted by Gasteiger charge is 2.26. The molecule has 1 aliphatic rings. The van der Waals surface area contributed by atoms with Gasteiger partial charge in [0.05, 0.1) is 10.7 Å². The number of hydrogen-bond donors (Lipinski definition) is 1. The molecule has 1 aliphatic carbocycles. The standard InChI is InChI=1S/C16H15BrClFN2O2/c17-15-14(16(22)23)20-12(8-9-4-1-2-5-9)21(15)11-7-3-6-10(18)13(11)19/h3,6-7,9H,1-2,4-5,8H2,(H,22,23).